The zero-order valence-corrected chi connectivity index (χ0v) is 13.8. The van der Waals surface area contributed by atoms with Gasteiger partial charge in [-0.1, -0.05) is 63.1 Å². The first-order valence-corrected chi connectivity index (χ1v) is 8.72. The average molecular weight is 300 g/mol. The second-order valence-corrected chi connectivity index (χ2v) is 7.15. The summed E-state index contributed by atoms with van der Waals surface area (Å²) in [7, 11) is 0. The lowest BCUT2D eigenvalue weighted by Crippen LogP contribution is -2.24. The molecule has 1 saturated heterocycles. The topological polar surface area (TPSA) is 18.5 Å². The van der Waals surface area contributed by atoms with E-state index in [2.05, 4.69) is 50.3 Å². The van der Waals surface area contributed by atoms with Gasteiger partial charge in [-0.2, -0.15) is 0 Å². The maximum atomic E-state index is 5.74. The minimum Gasteiger partial charge on any atom is -0.348 e. The monoisotopic (exact) mass is 300 g/mol. The van der Waals surface area contributed by atoms with Crippen LogP contribution in [0.4, 0.5) is 0 Å². The highest BCUT2D eigenvalue weighted by Gasteiger charge is 2.20. The van der Waals surface area contributed by atoms with Gasteiger partial charge in [-0.25, -0.2) is 0 Å². The number of ether oxygens (including phenoxy) is 2. The van der Waals surface area contributed by atoms with Gasteiger partial charge in [-0.05, 0) is 30.2 Å². The molecule has 0 spiro atoms. The predicted octanol–water partition coefficient (Wildman–Crippen LogP) is 5.21. The van der Waals surface area contributed by atoms with Gasteiger partial charge in [0.15, 0.2) is 6.29 Å². The quantitative estimate of drug-likeness (QED) is 0.763. The number of hydrogen-bond donors (Lipinski definition) is 0. The standard InChI is InChI=1S/C20H28O2/c1-15-3-5-17(6-4-15)7-8-18-9-11-19(12-10-18)20-21-13-16(2)14-22-20/h7-12,15-17,20H,3-6,13-14H2,1-2H3/b8-7+. The van der Waals surface area contributed by atoms with Gasteiger partial charge in [0, 0.05) is 11.5 Å². The SMILES string of the molecule is CC1CCC(/C=C/c2ccc(C3OCC(C)CO3)cc2)CC1. The van der Waals surface area contributed by atoms with Gasteiger partial charge < -0.3 is 9.47 Å². The van der Waals surface area contributed by atoms with E-state index in [9.17, 15) is 0 Å². The van der Waals surface area contributed by atoms with Gasteiger partial charge in [0.2, 0.25) is 0 Å². The fourth-order valence-corrected chi connectivity index (χ4v) is 3.28. The van der Waals surface area contributed by atoms with E-state index >= 15 is 0 Å². The average Bonchev–Trinajstić information content (AvgIpc) is 2.56. The Kier molecular flexibility index (Phi) is 5.32. The normalized spacial score (nSPS) is 33.2. The van der Waals surface area contributed by atoms with Crippen molar-refractivity contribution in [3.8, 4) is 0 Å². The van der Waals surface area contributed by atoms with Crippen LogP contribution in [0.2, 0.25) is 0 Å². The highest BCUT2D eigenvalue weighted by atomic mass is 16.7. The highest BCUT2D eigenvalue weighted by Crippen LogP contribution is 2.30. The smallest absolute Gasteiger partial charge is 0.183 e. The van der Waals surface area contributed by atoms with Crippen molar-refractivity contribution in [2.75, 3.05) is 13.2 Å². The molecule has 22 heavy (non-hydrogen) atoms. The van der Waals surface area contributed by atoms with Crippen LogP contribution in [0, 0.1) is 17.8 Å². The molecule has 0 bridgehead atoms. The van der Waals surface area contributed by atoms with Crippen LogP contribution in [-0.4, -0.2) is 13.2 Å². The molecule has 1 heterocycles. The fourth-order valence-electron chi connectivity index (χ4n) is 3.28. The van der Waals surface area contributed by atoms with Crippen molar-refractivity contribution < 1.29 is 9.47 Å². The summed E-state index contributed by atoms with van der Waals surface area (Å²) in [6.45, 7) is 6.09. The van der Waals surface area contributed by atoms with Gasteiger partial charge in [0.1, 0.15) is 0 Å². The summed E-state index contributed by atoms with van der Waals surface area (Å²) in [5.41, 5.74) is 2.39. The third kappa shape index (κ3) is 4.21. The van der Waals surface area contributed by atoms with Crippen LogP contribution >= 0.6 is 0 Å². The van der Waals surface area contributed by atoms with Crippen LogP contribution in [0.15, 0.2) is 30.3 Å². The largest absolute Gasteiger partial charge is 0.348 e. The van der Waals surface area contributed by atoms with E-state index in [0.29, 0.717) is 5.92 Å². The predicted molar refractivity (Wildman–Crippen MR) is 90.4 cm³/mol. The van der Waals surface area contributed by atoms with Crippen LogP contribution in [0.25, 0.3) is 6.08 Å². The Morgan fingerprint density at radius 2 is 1.50 bits per heavy atom. The molecule has 1 aromatic carbocycles. The summed E-state index contributed by atoms with van der Waals surface area (Å²) < 4.78 is 11.5. The molecule has 1 aromatic rings. The molecule has 3 rings (SSSR count). The maximum Gasteiger partial charge on any atom is 0.183 e. The Bertz CT molecular complexity index is 475. The summed E-state index contributed by atoms with van der Waals surface area (Å²) in [5, 5.41) is 0. The third-order valence-corrected chi connectivity index (χ3v) is 4.89. The molecule has 2 heteroatoms. The summed E-state index contributed by atoms with van der Waals surface area (Å²) >= 11 is 0. The summed E-state index contributed by atoms with van der Waals surface area (Å²) in [6.07, 6.45) is 9.93. The molecule has 1 saturated carbocycles. The Morgan fingerprint density at radius 3 is 2.14 bits per heavy atom. The molecule has 0 N–H and O–H groups in total. The second kappa shape index (κ2) is 7.43. The molecular weight excluding hydrogens is 272 g/mol. The molecule has 0 unspecified atom stereocenters. The van der Waals surface area contributed by atoms with Crippen LogP contribution in [-0.2, 0) is 9.47 Å². The van der Waals surface area contributed by atoms with Gasteiger partial charge in [0.25, 0.3) is 0 Å². The van der Waals surface area contributed by atoms with E-state index in [1.807, 2.05) is 0 Å². The second-order valence-electron chi connectivity index (χ2n) is 7.15. The van der Waals surface area contributed by atoms with Gasteiger partial charge in [-0.15, -0.1) is 0 Å². The van der Waals surface area contributed by atoms with Gasteiger partial charge >= 0.3 is 0 Å². The van der Waals surface area contributed by atoms with Gasteiger partial charge in [0.05, 0.1) is 13.2 Å². The number of hydrogen-bond acceptors (Lipinski definition) is 2. The first-order chi connectivity index (χ1) is 10.7. The number of rotatable bonds is 3. The minimum atomic E-state index is -0.186. The van der Waals surface area contributed by atoms with Crippen molar-refractivity contribution in [2.24, 2.45) is 17.8 Å². The Hall–Kier alpha value is -1.12. The molecule has 2 nitrogen and oxygen atoms in total. The summed E-state index contributed by atoms with van der Waals surface area (Å²) in [4.78, 5) is 0. The number of benzene rings is 1. The molecular formula is C20H28O2. The van der Waals surface area contributed by atoms with Crippen molar-refractivity contribution in [3.05, 3.63) is 41.5 Å². The zero-order valence-electron chi connectivity index (χ0n) is 13.8. The Balaban J connectivity index is 1.55. The maximum absolute atomic E-state index is 5.74. The lowest BCUT2D eigenvalue weighted by atomic mass is 9.83. The Labute approximate surface area is 134 Å². The molecule has 120 valence electrons. The molecule has 0 amide bonds. The zero-order chi connectivity index (χ0) is 15.4. The number of allylic oxidation sites excluding steroid dienone is 1. The summed E-state index contributed by atoms with van der Waals surface area (Å²) in [6, 6.07) is 8.59. The molecule has 0 aromatic heterocycles. The highest BCUT2D eigenvalue weighted by molar-refractivity contribution is 5.50. The lowest BCUT2D eigenvalue weighted by molar-refractivity contribution is -0.202. The van der Waals surface area contributed by atoms with E-state index in [1.54, 1.807) is 0 Å². The minimum absolute atomic E-state index is 0.186. The molecule has 0 atom stereocenters. The van der Waals surface area contributed by atoms with E-state index in [1.165, 1.54) is 31.2 Å². The molecule has 2 aliphatic rings. The first-order valence-electron chi connectivity index (χ1n) is 8.72. The van der Waals surface area contributed by atoms with Crippen molar-refractivity contribution in [2.45, 2.75) is 45.8 Å². The molecule has 0 radical (unpaired) electrons. The molecule has 1 aliphatic heterocycles. The molecule has 1 aliphatic carbocycles. The fraction of sp³-hybridized carbons (Fsp3) is 0.600. The van der Waals surface area contributed by atoms with Crippen LogP contribution in [0.5, 0.6) is 0 Å². The van der Waals surface area contributed by atoms with E-state index < -0.39 is 0 Å². The van der Waals surface area contributed by atoms with Crippen LogP contribution < -0.4 is 0 Å². The van der Waals surface area contributed by atoms with Crippen molar-refractivity contribution >= 4 is 6.08 Å². The van der Waals surface area contributed by atoms with E-state index in [0.717, 1.165) is 30.6 Å². The van der Waals surface area contributed by atoms with Crippen LogP contribution in [0.3, 0.4) is 0 Å². The van der Waals surface area contributed by atoms with E-state index in [4.69, 9.17) is 9.47 Å². The van der Waals surface area contributed by atoms with Crippen molar-refractivity contribution in [1.82, 2.24) is 0 Å². The first kappa shape index (κ1) is 15.8. The van der Waals surface area contributed by atoms with Gasteiger partial charge in [-0.3, -0.25) is 0 Å². The van der Waals surface area contributed by atoms with Crippen molar-refractivity contribution in [1.29, 1.82) is 0 Å². The molecule has 2 fully saturated rings. The lowest BCUT2D eigenvalue weighted by Gasteiger charge is -2.27. The van der Waals surface area contributed by atoms with E-state index in [-0.39, 0.29) is 6.29 Å². The van der Waals surface area contributed by atoms with Crippen molar-refractivity contribution in [3.63, 3.8) is 0 Å². The summed E-state index contributed by atoms with van der Waals surface area (Å²) in [5.74, 6) is 2.18. The van der Waals surface area contributed by atoms with Crippen LogP contribution in [0.1, 0.15) is 56.9 Å². The Morgan fingerprint density at radius 1 is 0.864 bits per heavy atom. The third-order valence-electron chi connectivity index (χ3n) is 4.89.